The number of phenolic OH excluding ortho intramolecular Hbond substituents is 1. The molecule has 10 heterocycles. The molecule has 3 aliphatic rings. The molecule has 0 radical (unpaired) electrons. The van der Waals surface area contributed by atoms with Crippen molar-refractivity contribution in [1.29, 1.82) is 0 Å². The summed E-state index contributed by atoms with van der Waals surface area (Å²) in [7, 11) is 0. The summed E-state index contributed by atoms with van der Waals surface area (Å²) in [6.07, 6.45) is -2.77. The molecule has 7 aromatic heterocycles. The number of carbonyl (C=O) groups is 7. The van der Waals surface area contributed by atoms with E-state index in [1.807, 2.05) is 6.92 Å². The van der Waals surface area contributed by atoms with E-state index >= 15 is 4.79 Å². The number of aliphatic hydroxyl groups is 1. The number of benzene rings is 2. The average Bonchev–Trinajstić information content (AvgIpc) is 1.63. The van der Waals surface area contributed by atoms with Gasteiger partial charge in [0.05, 0.1) is 44.0 Å². The van der Waals surface area contributed by atoms with Crippen LogP contribution in [0.1, 0.15) is 117 Å². The van der Waals surface area contributed by atoms with Gasteiger partial charge >= 0.3 is 6.09 Å². The Hall–Kier alpha value is -8.86. The quantitative estimate of drug-likeness (QED) is 0.0547. The van der Waals surface area contributed by atoms with E-state index in [9.17, 15) is 39.0 Å². The van der Waals surface area contributed by atoms with Crippen molar-refractivity contribution in [2.24, 2.45) is 17.4 Å². The Morgan fingerprint density at radius 1 is 0.710 bits per heavy atom. The van der Waals surface area contributed by atoms with Crippen molar-refractivity contribution in [3.63, 3.8) is 0 Å². The Balaban J connectivity index is 0.945. The third-order valence-electron chi connectivity index (χ3n) is 15.7. The van der Waals surface area contributed by atoms with Gasteiger partial charge in [0.2, 0.25) is 11.8 Å². The van der Waals surface area contributed by atoms with Crippen LogP contribution in [0.25, 0.3) is 43.4 Å². The molecule has 93 heavy (non-hydrogen) atoms. The normalized spacial score (nSPS) is 20.0. The summed E-state index contributed by atoms with van der Waals surface area (Å²) >= 11 is 6.84. The monoisotopic (exact) mass is 1370 g/mol. The number of nitrogens with one attached hydrogen (secondary N) is 4. The van der Waals surface area contributed by atoms with Crippen LogP contribution in [-0.4, -0.2) is 155 Å². The van der Waals surface area contributed by atoms with Gasteiger partial charge in [0.1, 0.15) is 99.9 Å². The van der Waals surface area contributed by atoms with Gasteiger partial charge < -0.3 is 57.3 Å². The van der Waals surface area contributed by atoms with Crippen molar-refractivity contribution < 1.29 is 53.2 Å². The summed E-state index contributed by atoms with van der Waals surface area (Å²) in [5.41, 5.74) is 14.1. The predicted molar refractivity (Wildman–Crippen MR) is 349 cm³/mol. The van der Waals surface area contributed by atoms with E-state index in [1.54, 1.807) is 77.2 Å². The largest absolute Gasteiger partial charge is 0.508 e. The number of nitrogens with two attached hydrogens (primary N) is 2. The minimum absolute atomic E-state index is 0.0188. The molecule has 3 aliphatic heterocycles. The topological polar surface area (TPSA) is 375 Å². The third-order valence-corrected chi connectivity index (χ3v) is 21.3. The summed E-state index contributed by atoms with van der Waals surface area (Å²) in [5, 5.41) is 44.0. The van der Waals surface area contributed by atoms with Crippen molar-refractivity contribution >= 4 is 110 Å². The number of morpholine rings is 1. The number of amides is 7. The first-order valence-electron chi connectivity index (χ1n) is 29.2. The van der Waals surface area contributed by atoms with Gasteiger partial charge in [-0.15, -0.1) is 68.0 Å². The van der Waals surface area contributed by atoms with E-state index in [-0.39, 0.29) is 51.5 Å². The zero-order valence-corrected chi connectivity index (χ0v) is 54.4. The summed E-state index contributed by atoms with van der Waals surface area (Å²) < 4.78 is 11.6. The Morgan fingerprint density at radius 2 is 1.38 bits per heavy atom. The number of carbonyl (C=O) groups excluding carboxylic acids is 7. The highest BCUT2D eigenvalue weighted by molar-refractivity contribution is 7.15. The molecule has 1 unspecified atom stereocenters. The molecule has 10 bridgehead atoms. The van der Waals surface area contributed by atoms with Crippen LogP contribution in [0.3, 0.4) is 0 Å². The van der Waals surface area contributed by atoms with Crippen LogP contribution in [0.2, 0.25) is 0 Å². The number of hydrogen-bond donors (Lipinski definition) is 8. The number of rotatable bonds is 13. The zero-order chi connectivity index (χ0) is 65.0. The molecule has 0 saturated carbocycles. The van der Waals surface area contributed by atoms with E-state index < -0.39 is 90.3 Å². The predicted octanol–water partition coefficient (Wildman–Crippen LogP) is 6.84. The molecule has 2 fully saturated rings. The summed E-state index contributed by atoms with van der Waals surface area (Å²) in [6, 6.07) is 13.6. The second-order valence-electron chi connectivity index (χ2n) is 22.0. The lowest BCUT2D eigenvalue weighted by molar-refractivity contribution is -0.134. The maximum atomic E-state index is 15.7. The second-order valence-corrected chi connectivity index (χ2v) is 27.6. The lowest BCUT2D eigenvalue weighted by Gasteiger charge is -2.29. The first-order chi connectivity index (χ1) is 44.9. The third kappa shape index (κ3) is 14.5. The number of aryl methyl sites for hydroxylation is 1. The van der Waals surface area contributed by atoms with Crippen molar-refractivity contribution in [1.82, 2.24) is 66.0 Å². The number of aromatic nitrogens is 7. The number of fused-ring (bicyclic) bond motifs is 16. The molecule has 0 aliphatic carbocycles. The molecule has 9 aromatic rings. The van der Waals surface area contributed by atoms with E-state index in [2.05, 4.69) is 41.1 Å². The zero-order valence-electron chi connectivity index (χ0n) is 49.5. The first kappa shape index (κ1) is 64.3. The number of phenols is 1. The minimum atomic E-state index is -1.43. The molecule has 12 rings (SSSR count). The standard InChI is InChI=1S/C61H59N15O11S6/c1-29-43(87-61(85)64-15-6-16-75-17-19-86-20-18-75)23-76-48(29)59-72-42(28-92-59)56-68-38(24-89-56)46-34(13-14-35(65-46)55-69-39(25-90-55)50(63)80)54-70-40(26-88-54)51(81)66-36(22-44(62)78)57-74-45(30(2)93-57)53(83)73-47(49(79)32-7-4-3-5-8-32)58-71-41(27-91-58)52(82)67-37(60(76)84)21-31-9-11-33(77)12-10-31/h3-5,7-14,24-29,36-37,43,47-49,77,79H,6,15-23H2,1-2H3,(H2,62,78)(H2,63,80)(H,64,85)(H,66,81)(H,67,82)(H,73,83)/t29-,36-,37?,43-,47-,48-,49+/m0/s1. The van der Waals surface area contributed by atoms with Gasteiger partial charge in [-0.3, -0.25) is 33.7 Å². The molecule has 7 atom stereocenters. The number of alkyl carbamates (subject to hydrolysis) is 1. The number of aliphatic hydroxyl groups excluding tert-OH is 1. The smallest absolute Gasteiger partial charge is 0.407 e. The highest BCUT2D eigenvalue weighted by Gasteiger charge is 2.48. The van der Waals surface area contributed by atoms with Crippen LogP contribution in [0.5, 0.6) is 5.75 Å². The van der Waals surface area contributed by atoms with Gasteiger partial charge in [-0.1, -0.05) is 49.4 Å². The van der Waals surface area contributed by atoms with E-state index in [4.69, 9.17) is 40.9 Å². The van der Waals surface area contributed by atoms with Crippen LogP contribution < -0.4 is 32.7 Å². The molecular weight excluding hydrogens is 1310 g/mol. The van der Waals surface area contributed by atoms with Gasteiger partial charge in [-0.25, -0.2) is 39.7 Å². The number of nitrogens with zero attached hydrogens (tertiary/aromatic N) is 9. The van der Waals surface area contributed by atoms with Crippen LogP contribution >= 0.6 is 68.0 Å². The lowest BCUT2D eigenvalue weighted by Crippen LogP contribution is -2.50. The molecule has 0 spiro atoms. The van der Waals surface area contributed by atoms with Crippen LogP contribution in [0, 0.1) is 12.8 Å². The van der Waals surface area contributed by atoms with Crippen molar-refractivity contribution in [3.8, 4) is 49.1 Å². The maximum absolute atomic E-state index is 15.7. The number of thiazole rings is 6. The van der Waals surface area contributed by atoms with Gasteiger partial charge in [-0.2, -0.15) is 0 Å². The molecule has 26 nitrogen and oxygen atoms in total. The van der Waals surface area contributed by atoms with E-state index in [0.717, 1.165) is 65.0 Å². The Labute approximate surface area is 554 Å². The van der Waals surface area contributed by atoms with Crippen LogP contribution in [0.4, 0.5) is 4.79 Å². The summed E-state index contributed by atoms with van der Waals surface area (Å²) in [4.78, 5) is 136. The average molecular weight is 1370 g/mol. The fourth-order valence-electron chi connectivity index (χ4n) is 10.9. The van der Waals surface area contributed by atoms with E-state index in [1.165, 1.54) is 50.9 Å². The van der Waals surface area contributed by atoms with Gasteiger partial charge in [0.25, 0.3) is 23.6 Å². The number of hydrogen-bond acceptors (Lipinski definition) is 25. The number of aromatic hydroxyl groups is 1. The molecular formula is C61H59N15O11S6. The molecule has 2 aromatic carbocycles. The van der Waals surface area contributed by atoms with Crippen LogP contribution in [-0.2, 0) is 25.5 Å². The summed E-state index contributed by atoms with van der Waals surface area (Å²) in [5.74, 6) is -4.85. The van der Waals surface area contributed by atoms with Gasteiger partial charge in [0, 0.05) is 69.3 Å². The van der Waals surface area contributed by atoms with Gasteiger partial charge in [0.15, 0.2) is 0 Å². The Kier molecular flexibility index (Phi) is 19.5. The molecule has 7 amide bonds. The Morgan fingerprint density at radius 3 is 2.13 bits per heavy atom. The SMILES string of the molecule is Cc1sc2nc1C(=O)N[C@@H]([C@H](O)c1ccccc1)c1nc(cs1)C(=O)NC(Cc1ccc(O)cc1)C(=O)N1C[C@H](OC(=O)NCCCN3CCOCC3)[C@H](C)[C@H]1c1nc(cs1)-c1nc(cs1)-c1nc(-c3nc(C(N)=O)cs3)ccc1-c1nc(cs1)C(=O)N[C@H]2CC(N)=O. The van der Waals surface area contributed by atoms with Crippen molar-refractivity contribution in [3.05, 3.63) is 147 Å². The minimum Gasteiger partial charge on any atom is -0.508 e. The fourth-order valence-corrected chi connectivity index (χ4v) is 16.3. The molecule has 480 valence electrons. The fraction of sp³-hybridized carbons (Fsp3) is 0.311. The number of pyridine rings is 1. The molecule has 2 saturated heterocycles. The number of ether oxygens (including phenoxy) is 2. The van der Waals surface area contributed by atoms with Crippen LogP contribution in [0.15, 0.2) is 93.6 Å². The van der Waals surface area contributed by atoms with Crippen molar-refractivity contribution in [2.75, 3.05) is 45.9 Å². The maximum Gasteiger partial charge on any atom is 0.407 e. The Bertz CT molecular complexity index is 4260. The second kappa shape index (κ2) is 28.2. The highest BCUT2D eigenvalue weighted by atomic mass is 32.1. The molecule has 10 N–H and O–H groups in total. The summed E-state index contributed by atoms with van der Waals surface area (Å²) in [6.45, 7) is 7.37. The number of primary amides is 2. The molecule has 32 heteroatoms. The van der Waals surface area contributed by atoms with Gasteiger partial charge in [-0.05, 0) is 55.3 Å². The van der Waals surface area contributed by atoms with E-state index in [0.29, 0.717) is 90.6 Å². The van der Waals surface area contributed by atoms with Crippen molar-refractivity contribution in [2.45, 2.75) is 69.5 Å². The highest BCUT2D eigenvalue weighted by Crippen LogP contribution is 2.44. The first-order valence-corrected chi connectivity index (χ1v) is 34.5. The lowest BCUT2D eigenvalue weighted by atomic mass is 10.00.